The fourth-order valence-electron chi connectivity index (χ4n) is 3.56. The zero-order valence-electron chi connectivity index (χ0n) is 13.7. The SMILES string of the molecule is CCCC1CCC(NCCc2cccc(F)c2)(P(=O)(O)O)CC1. The van der Waals surface area contributed by atoms with Crippen molar-refractivity contribution in [1.82, 2.24) is 5.32 Å². The lowest BCUT2D eigenvalue weighted by Crippen LogP contribution is -2.48. The molecule has 1 fully saturated rings. The van der Waals surface area contributed by atoms with E-state index in [1.807, 2.05) is 6.07 Å². The molecule has 4 nitrogen and oxygen atoms in total. The molecule has 0 aliphatic heterocycles. The van der Waals surface area contributed by atoms with E-state index in [-0.39, 0.29) is 5.82 Å². The molecule has 23 heavy (non-hydrogen) atoms. The molecule has 0 bridgehead atoms. The van der Waals surface area contributed by atoms with E-state index < -0.39 is 12.9 Å². The van der Waals surface area contributed by atoms with Gasteiger partial charge in [-0.05, 0) is 55.7 Å². The molecule has 0 amide bonds. The lowest BCUT2D eigenvalue weighted by atomic mass is 9.83. The van der Waals surface area contributed by atoms with Gasteiger partial charge in [-0.15, -0.1) is 0 Å². The minimum Gasteiger partial charge on any atom is -0.323 e. The quantitative estimate of drug-likeness (QED) is 0.658. The number of halogens is 1. The molecule has 0 saturated heterocycles. The fraction of sp³-hybridized carbons (Fsp3) is 0.647. The van der Waals surface area contributed by atoms with Crippen molar-refractivity contribution in [1.29, 1.82) is 0 Å². The van der Waals surface area contributed by atoms with E-state index >= 15 is 0 Å². The average Bonchev–Trinajstić information content (AvgIpc) is 2.48. The number of hydrogen-bond donors (Lipinski definition) is 3. The van der Waals surface area contributed by atoms with Gasteiger partial charge in [0.15, 0.2) is 0 Å². The molecular weight excluding hydrogens is 316 g/mol. The molecule has 6 heteroatoms. The molecule has 0 spiro atoms. The molecule has 1 saturated carbocycles. The predicted molar refractivity (Wildman–Crippen MR) is 89.7 cm³/mol. The maximum absolute atomic E-state index is 13.2. The average molecular weight is 343 g/mol. The Morgan fingerprint density at radius 1 is 1.35 bits per heavy atom. The van der Waals surface area contributed by atoms with Gasteiger partial charge in [0.05, 0.1) is 0 Å². The second kappa shape index (κ2) is 7.89. The van der Waals surface area contributed by atoms with Crippen LogP contribution in [0.15, 0.2) is 24.3 Å². The van der Waals surface area contributed by atoms with E-state index in [0.717, 1.165) is 31.2 Å². The van der Waals surface area contributed by atoms with E-state index in [9.17, 15) is 18.7 Å². The minimum absolute atomic E-state index is 0.285. The Kier molecular flexibility index (Phi) is 6.38. The Morgan fingerprint density at radius 2 is 2.04 bits per heavy atom. The molecule has 3 N–H and O–H groups in total. The minimum atomic E-state index is -4.23. The van der Waals surface area contributed by atoms with Crippen molar-refractivity contribution in [2.45, 2.75) is 57.1 Å². The smallest absolute Gasteiger partial charge is 0.323 e. The number of nitrogens with one attached hydrogen (secondary N) is 1. The van der Waals surface area contributed by atoms with Gasteiger partial charge in [0.25, 0.3) is 0 Å². The number of rotatable bonds is 7. The summed E-state index contributed by atoms with van der Waals surface area (Å²) in [6.45, 7) is 2.58. The number of benzene rings is 1. The van der Waals surface area contributed by atoms with E-state index in [1.54, 1.807) is 6.07 Å². The summed E-state index contributed by atoms with van der Waals surface area (Å²) in [5.41, 5.74) is 0.832. The van der Waals surface area contributed by atoms with Crippen molar-refractivity contribution < 1.29 is 18.7 Å². The summed E-state index contributed by atoms with van der Waals surface area (Å²) in [7, 11) is -4.23. The topological polar surface area (TPSA) is 69.6 Å². The molecule has 1 aliphatic rings. The molecular formula is C17H27FNO3P. The maximum atomic E-state index is 13.2. The largest absolute Gasteiger partial charge is 0.345 e. The highest BCUT2D eigenvalue weighted by atomic mass is 31.2. The second-order valence-corrected chi connectivity index (χ2v) is 8.56. The molecule has 1 aliphatic carbocycles. The van der Waals surface area contributed by atoms with Crippen molar-refractivity contribution in [3.63, 3.8) is 0 Å². The van der Waals surface area contributed by atoms with Gasteiger partial charge in [0.2, 0.25) is 0 Å². The summed E-state index contributed by atoms with van der Waals surface area (Å²) in [5, 5.41) is 2.01. The third-order valence-corrected chi connectivity index (χ3v) is 6.66. The van der Waals surface area contributed by atoms with E-state index in [1.165, 1.54) is 12.1 Å². The van der Waals surface area contributed by atoms with Crippen molar-refractivity contribution in [3.05, 3.63) is 35.6 Å². The van der Waals surface area contributed by atoms with E-state index in [0.29, 0.717) is 31.7 Å². The van der Waals surface area contributed by atoms with E-state index in [2.05, 4.69) is 12.2 Å². The van der Waals surface area contributed by atoms with Crippen molar-refractivity contribution in [3.8, 4) is 0 Å². The van der Waals surface area contributed by atoms with Crippen molar-refractivity contribution in [2.24, 2.45) is 5.92 Å². The molecule has 0 aromatic heterocycles. The lowest BCUT2D eigenvalue weighted by Gasteiger charge is -2.41. The van der Waals surface area contributed by atoms with Crippen LogP contribution in [0.2, 0.25) is 0 Å². The third kappa shape index (κ3) is 4.87. The predicted octanol–water partition coefficient (Wildman–Crippen LogP) is 3.82. The summed E-state index contributed by atoms with van der Waals surface area (Å²) < 4.78 is 25.2. The Bertz CT molecular complexity index is 553. The first-order valence-electron chi connectivity index (χ1n) is 8.41. The van der Waals surface area contributed by atoms with Gasteiger partial charge in [-0.3, -0.25) is 4.57 Å². The Hall–Kier alpha value is -0.740. The van der Waals surface area contributed by atoms with Gasteiger partial charge >= 0.3 is 7.60 Å². The molecule has 0 atom stereocenters. The van der Waals surface area contributed by atoms with Gasteiger partial charge < -0.3 is 15.1 Å². The molecule has 130 valence electrons. The Morgan fingerprint density at radius 3 is 2.61 bits per heavy atom. The van der Waals surface area contributed by atoms with Gasteiger partial charge in [-0.1, -0.05) is 31.9 Å². The van der Waals surface area contributed by atoms with Gasteiger partial charge in [-0.2, -0.15) is 0 Å². The standard InChI is InChI=1S/C17H27FNO3P/c1-2-4-14-7-10-17(11-8-14,23(20,21)22)19-12-9-15-5-3-6-16(18)13-15/h3,5-6,13-14,19H,2,4,7-12H2,1H3,(H2,20,21,22). The summed E-state index contributed by atoms with van der Waals surface area (Å²) in [6.07, 6.45) is 5.51. The maximum Gasteiger partial charge on any atom is 0.345 e. The zero-order chi connectivity index (χ0) is 16.9. The first kappa shape index (κ1) is 18.6. The van der Waals surface area contributed by atoms with Gasteiger partial charge in [0, 0.05) is 6.54 Å². The van der Waals surface area contributed by atoms with Crippen LogP contribution in [-0.2, 0) is 11.0 Å². The van der Waals surface area contributed by atoms with Crippen LogP contribution in [0.5, 0.6) is 0 Å². The summed E-state index contributed by atoms with van der Waals surface area (Å²) in [6, 6.07) is 6.33. The van der Waals surface area contributed by atoms with Crippen LogP contribution in [0, 0.1) is 11.7 Å². The molecule has 0 radical (unpaired) electrons. The molecule has 0 unspecified atom stereocenters. The molecule has 0 heterocycles. The van der Waals surface area contributed by atoms with Crippen LogP contribution in [0.25, 0.3) is 0 Å². The molecule has 1 aromatic carbocycles. The Labute approximate surface area is 137 Å². The first-order chi connectivity index (χ1) is 10.9. The molecule has 2 rings (SSSR count). The summed E-state index contributed by atoms with van der Waals surface area (Å²) in [5.74, 6) is 0.289. The summed E-state index contributed by atoms with van der Waals surface area (Å²) in [4.78, 5) is 19.7. The van der Waals surface area contributed by atoms with Crippen molar-refractivity contribution in [2.75, 3.05) is 6.54 Å². The van der Waals surface area contributed by atoms with Crippen LogP contribution in [0.1, 0.15) is 51.0 Å². The van der Waals surface area contributed by atoms with Crippen molar-refractivity contribution >= 4 is 7.60 Å². The molecule has 1 aromatic rings. The van der Waals surface area contributed by atoms with Gasteiger partial charge in [0.1, 0.15) is 11.1 Å². The first-order valence-corrected chi connectivity index (χ1v) is 10.0. The highest BCUT2D eigenvalue weighted by Gasteiger charge is 2.48. The van der Waals surface area contributed by atoms with Crippen LogP contribution in [0.3, 0.4) is 0 Å². The van der Waals surface area contributed by atoms with Crippen LogP contribution in [0.4, 0.5) is 4.39 Å². The van der Waals surface area contributed by atoms with Crippen LogP contribution < -0.4 is 5.32 Å². The highest BCUT2D eigenvalue weighted by molar-refractivity contribution is 7.53. The van der Waals surface area contributed by atoms with E-state index in [4.69, 9.17) is 0 Å². The second-order valence-electron chi connectivity index (χ2n) is 6.61. The highest BCUT2D eigenvalue weighted by Crippen LogP contribution is 2.56. The zero-order valence-corrected chi connectivity index (χ0v) is 14.6. The monoisotopic (exact) mass is 343 g/mol. The summed E-state index contributed by atoms with van der Waals surface area (Å²) >= 11 is 0. The normalized spacial score (nSPS) is 25.5. The third-order valence-electron chi connectivity index (χ3n) is 4.94. The number of hydrogen-bond acceptors (Lipinski definition) is 2. The fourth-order valence-corrected chi connectivity index (χ4v) is 4.71. The van der Waals surface area contributed by atoms with Crippen LogP contribution in [-0.4, -0.2) is 21.6 Å². The lowest BCUT2D eigenvalue weighted by molar-refractivity contribution is 0.205. The Balaban J connectivity index is 1.96. The van der Waals surface area contributed by atoms with Crippen LogP contribution >= 0.6 is 7.60 Å². The van der Waals surface area contributed by atoms with Gasteiger partial charge in [-0.25, -0.2) is 4.39 Å².